The van der Waals surface area contributed by atoms with E-state index in [-0.39, 0.29) is 11.9 Å². The van der Waals surface area contributed by atoms with Crippen molar-refractivity contribution in [1.29, 1.82) is 0 Å². The topological polar surface area (TPSA) is 104 Å². The van der Waals surface area contributed by atoms with E-state index in [2.05, 4.69) is 0 Å². The molecule has 102 valence electrons. The third-order valence-electron chi connectivity index (χ3n) is 2.50. The molecule has 0 amide bonds. The van der Waals surface area contributed by atoms with Gasteiger partial charge in [-0.3, -0.25) is 0 Å². The maximum atomic E-state index is 13.4. The number of benzene rings is 1. The second-order valence-corrected chi connectivity index (χ2v) is 5.50. The van der Waals surface area contributed by atoms with Crippen molar-refractivity contribution in [3.8, 4) is 0 Å². The molecule has 1 aromatic rings. The van der Waals surface area contributed by atoms with Crippen LogP contribution >= 0.6 is 19.4 Å². The lowest BCUT2D eigenvalue weighted by Crippen LogP contribution is -2.28. The summed E-state index contributed by atoms with van der Waals surface area (Å²) >= 11 is 5.75. The Hall–Kier alpha value is -0.490. The minimum absolute atomic E-state index is 0.100. The Morgan fingerprint density at radius 3 is 2.50 bits per heavy atom. The van der Waals surface area contributed by atoms with Crippen LogP contribution in [0.4, 0.5) is 4.39 Å². The minimum atomic E-state index is -4.64. The summed E-state index contributed by atoms with van der Waals surface area (Å²) in [5.74, 6) is -0.211. The molecule has 0 aromatic heterocycles. The molecule has 0 saturated heterocycles. The van der Waals surface area contributed by atoms with Crippen molar-refractivity contribution in [2.24, 2.45) is 5.73 Å². The van der Waals surface area contributed by atoms with E-state index in [0.717, 1.165) is 24.0 Å². The van der Waals surface area contributed by atoms with Gasteiger partial charge in [-0.05, 0) is 42.5 Å². The van der Waals surface area contributed by atoms with Crippen molar-refractivity contribution >= 4 is 19.4 Å². The summed E-state index contributed by atoms with van der Waals surface area (Å²) < 4.78 is 22.2. The van der Waals surface area contributed by atoms with Gasteiger partial charge in [-0.25, -0.2) is 8.96 Å². The first-order valence-electron chi connectivity index (χ1n) is 5.17. The van der Waals surface area contributed by atoms with Crippen LogP contribution in [-0.2, 0) is 17.4 Å². The van der Waals surface area contributed by atoms with E-state index in [9.17, 15) is 4.39 Å². The van der Waals surface area contributed by atoms with Crippen LogP contribution in [0.5, 0.6) is 0 Å². The molecule has 8 heteroatoms. The zero-order chi connectivity index (χ0) is 13.9. The summed E-state index contributed by atoms with van der Waals surface area (Å²) in [5.41, 5.74) is 7.53. The van der Waals surface area contributed by atoms with Gasteiger partial charge in [0, 0.05) is 11.1 Å². The lowest BCUT2D eigenvalue weighted by atomic mass is 9.88. The maximum Gasteiger partial charge on any atom is 0.466 e. The van der Waals surface area contributed by atoms with Gasteiger partial charge >= 0.3 is 7.82 Å². The SMILES string of the molecule is N[C@H]1CCc2cc(Cl)cc(F)c2C1.O=P(O)(O)O. The zero-order valence-corrected chi connectivity index (χ0v) is 11.0. The van der Waals surface area contributed by atoms with Crippen molar-refractivity contribution in [3.05, 3.63) is 34.1 Å². The Labute approximate surface area is 109 Å². The minimum Gasteiger partial charge on any atom is -0.327 e. The molecule has 0 radical (unpaired) electrons. The van der Waals surface area contributed by atoms with Gasteiger partial charge in [-0.2, -0.15) is 0 Å². The van der Waals surface area contributed by atoms with Crippen LogP contribution in [0, 0.1) is 5.82 Å². The second kappa shape index (κ2) is 6.10. The molecule has 0 fully saturated rings. The van der Waals surface area contributed by atoms with Gasteiger partial charge in [0.25, 0.3) is 0 Å². The summed E-state index contributed by atoms with van der Waals surface area (Å²) in [5, 5.41) is 0.478. The lowest BCUT2D eigenvalue weighted by molar-refractivity contribution is 0.275. The molecule has 1 aliphatic rings. The van der Waals surface area contributed by atoms with Gasteiger partial charge < -0.3 is 20.4 Å². The third-order valence-corrected chi connectivity index (χ3v) is 2.72. The molecule has 1 aromatic carbocycles. The van der Waals surface area contributed by atoms with Crippen molar-refractivity contribution in [3.63, 3.8) is 0 Å². The highest BCUT2D eigenvalue weighted by molar-refractivity contribution is 7.45. The Morgan fingerprint density at radius 2 is 1.94 bits per heavy atom. The molecule has 5 N–H and O–H groups in total. The molecule has 0 bridgehead atoms. The molecule has 18 heavy (non-hydrogen) atoms. The number of fused-ring (bicyclic) bond motifs is 1. The third kappa shape index (κ3) is 5.44. The normalized spacial score (nSPS) is 18.7. The summed E-state index contributed by atoms with van der Waals surface area (Å²) in [4.78, 5) is 21.6. The number of hydrogen-bond acceptors (Lipinski definition) is 2. The Bertz CT molecular complexity index is 471. The van der Waals surface area contributed by atoms with Crippen molar-refractivity contribution in [1.82, 2.24) is 0 Å². The van der Waals surface area contributed by atoms with Gasteiger partial charge in [0.05, 0.1) is 0 Å². The first-order valence-corrected chi connectivity index (χ1v) is 7.12. The Morgan fingerprint density at radius 1 is 1.39 bits per heavy atom. The number of halogens is 2. The van der Waals surface area contributed by atoms with Gasteiger partial charge in [0.2, 0.25) is 0 Å². The quantitative estimate of drug-likeness (QED) is 0.541. The van der Waals surface area contributed by atoms with Crippen LogP contribution in [0.15, 0.2) is 12.1 Å². The van der Waals surface area contributed by atoms with Gasteiger partial charge in [0.15, 0.2) is 0 Å². The first-order chi connectivity index (χ1) is 8.16. The van der Waals surface area contributed by atoms with E-state index in [4.69, 9.17) is 36.6 Å². The zero-order valence-electron chi connectivity index (χ0n) is 9.38. The molecular weight excluding hydrogens is 284 g/mol. The Kier molecular flexibility index (Phi) is 5.28. The predicted molar refractivity (Wildman–Crippen MR) is 65.7 cm³/mol. The van der Waals surface area contributed by atoms with E-state index in [0.29, 0.717) is 11.4 Å². The molecule has 0 aliphatic heterocycles. The Balaban J connectivity index is 0.000000280. The van der Waals surface area contributed by atoms with E-state index in [1.165, 1.54) is 6.07 Å². The summed E-state index contributed by atoms with van der Waals surface area (Å²) in [6.45, 7) is 0. The van der Waals surface area contributed by atoms with E-state index in [1.54, 1.807) is 0 Å². The largest absolute Gasteiger partial charge is 0.466 e. The average Bonchev–Trinajstić information content (AvgIpc) is 2.16. The fourth-order valence-corrected chi connectivity index (χ4v) is 2.04. The molecule has 0 saturated carbocycles. The number of phosphoric acid groups is 1. The number of hydrogen-bond donors (Lipinski definition) is 4. The number of nitrogens with two attached hydrogens (primary N) is 1. The molecule has 0 unspecified atom stereocenters. The average molecular weight is 298 g/mol. The molecular formula is C10H14ClFNO4P. The summed E-state index contributed by atoms with van der Waals surface area (Å²) in [7, 11) is -4.64. The van der Waals surface area contributed by atoms with Gasteiger partial charge in [0.1, 0.15) is 5.82 Å². The van der Waals surface area contributed by atoms with Crippen LogP contribution in [0.2, 0.25) is 5.02 Å². The fraction of sp³-hybridized carbons (Fsp3) is 0.400. The van der Waals surface area contributed by atoms with E-state index < -0.39 is 7.82 Å². The van der Waals surface area contributed by atoms with Crippen LogP contribution < -0.4 is 5.73 Å². The van der Waals surface area contributed by atoms with Gasteiger partial charge in [-0.1, -0.05) is 11.6 Å². The van der Waals surface area contributed by atoms with Crippen molar-refractivity contribution in [2.75, 3.05) is 0 Å². The molecule has 5 nitrogen and oxygen atoms in total. The fourth-order valence-electron chi connectivity index (χ4n) is 1.81. The van der Waals surface area contributed by atoms with E-state index >= 15 is 0 Å². The summed E-state index contributed by atoms with van der Waals surface area (Å²) in [6, 6.07) is 3.30. The molecule has 2 rings (SSSR count). The number of rotatable bonds is 0. The molecule has 0 spiro atoms. The highest BCUT2D eigenvalue weighted by atomic mass is 35.5. The van der Waals surface area contributed by atoms with Crippen LogP contribution in [0.3, 0.4) is 0 Å². The highest BCUT2D eigenvalue weighted by Gasteiger charge is 2.19. The molecule has 0 heterocycles. The first kappa shape index (κ1) is 15.6. The molecule has 1 aliphatic carbocycles. The molecule has 1 atom stereocenters. The van der Waals surface area contributed by atoms with Gasteiger partial charge in [-0.15, -0.1) is 0 Å². The smallest absolute Gasteiger partial charge is 0.327 e. The standard InChI is InChI=1S/C10H11ClFN.H3O4P/c11-7-3-6-1-2-8(13)5-9(6)10(12)4-7;1-5(2,3)4/h3-4,8H,1-2,5,13H2;(H3,1,2,3,4)/t8-;/m0./s1. The second-order valence-electron chi connectivity index (χ2n) is 4.04. The summed E-state index contributed by atoms with van der Waals surface area (Å²) in [6.07, 6.45) is 2.40. The van der Waals surface area contributed by atoms with Crippen LogP contribution in [0.25, 0.3) is 0 Å². The van der Waals surface area contributed by atoms with Crippen LogP contribution in [-0.4, -0.2) is 20.7 Å². The van der Waals surface area contributed by atoms with E-state index in [1.807, 2.05) is 6.07 Å². The van der Waals surface area contributed by atoms with Crippen molar-refractivity contribution in [2.45, 2.75) is 25.3 Å². The predicted octanol–water partition coefficient (Wildman–Crippen LogP) is 1.37. The highest BCUT2D eigenvalue weighted by Crippen LogP contribution is 2.26. The maximum absolute atomic E-state index is 13.4. The number of aryl methyl sites for hydroxylation is 1. The lowest BCUT2D eigenvalue weighted by Gasteiger charge is -2.21. The van der Waals surface area contributed by atoms with Crippen LogP contribution in [0.1, 0.15) is 17.5 Å². The monoisotopic (exact) mass is 297 g/mol. The van der Waals surface area contributed by atoms with Crippen molar-refractivity contribution < 1.29 is 23.6 Å².